The Morgan fingerprint density at radius 1 is 0.938 bits per heavy atom. The molecule has 2 fully saturated rings. The van der Waals surface area contributed by atoms with Crippen molar-refractivity contribution in [2.24, 2.45) is 0 Å². The number of hydrogen-bond donors (Lipinski definition) is 1. The molecular weight excluding hydrogens is 435 g/mol. The molecule has 1 amide bonds. The van der Waals surface area contributed by atoms with Gasteiger partial charge in [0.1, 0.15) is 5.82 Å². The van der Waals surface area contributed by atoms with Crippen LogP contribution in [0.5, 0.6) is 0 Å². The van der Waals surface area contributed by atoms with Crippen LogP contribution in [0.2, 0.25) is 5.02 Å². The predicted molar refractivity (Wildman–Crippen MR) is 122 cm³/mol. The summed E-state index contributed by atoms with van der Waals surface area (Å²) in [5, 5.41) is 18.2. The van der Waals surface area contributed by atoms with Gasteiger partial charge in [-0.3, -0.25) is 9.69 Å². The van der Waals surface area contributed by atoms with Gasteiger partial charge in [0.15, 0.2) is 11.6 Å². The number of anilines is 2. The quantitative estimate of drug-likeness (QED) is 0.693. The lowest BCUT2D eigenvalue weighted by molar-refractivity contribution is -0.130. The summed E-state index contributed by atoms with van der Waals surface area (Å²) in [6.07, 6.45) is -0.0361. The molecule has 2 saturated heterocycles. The number of aromatic nitrogens is 2. The number of carbonyl (C=O) groups excluding carboxylic acids is 1. The molecule has 0 radical (unpaired) electrons. The van der Waals surface area contributed by atoms with Crippen LogP contribution in [-0.2, 0) is 11.2 Å². The van der Waals surface area contributed by atoms with E-state index < -0.39 is 5.82 Å². The van der Waals surface area contributed by atoms with Gasteiger partial charge in [0.25, 0.3) is 0 Å². The number of benzene rings is 1. The van der Waals surface area contributed by atoms with E-state index in [1.165, 1.54) is 12.1 Å². The number of aliphatic hydroxyl groups is 1. The molecule has 0 bridgehead atoms. The molecule has 0 atom stereocenters. The Hall–Kier alpha value is -2.49. The summed E-state index contributed by atoms with van der Waals surface area (Å²) >= 11 is 6.06. The molecular formula is C22H28ClFN6O2. The van der Waals surface area contributed by atoms with Gasteiger partial charge < -0.3 is 19.8 Å². The maximum atomic E-state index is 14.0. The van der Waals surface area contributed by atoms with Gasteiger partial charge in [-0.25, -0.2) is 4.39 Å². The van der Waals surface area contributed by atoms with Gasteiger partial charge in [-0.1, -0.05) is 17.7 Å². The Labute approximate surface area is 192 Å². The fraction of sp³-hybridized carbons (Fsp3) is 0.500. The minimum atomic E-state index is -0.449. The standard InChI is InChI=1S/C22H28ClFN6O2/c23-18-2-1-3-19(24)17(18)16-22(32)30-12-10-29(11-13-30)21-5-4-20(25-26-21)28-8-6-27(7-9-28)14-15-31/h1-5,31H,6-16H2. The molecule has 1 aromatic heterocycles. The van der Waals surface area contributed by atoms with Crippen LogP contribution in [-0.4, -0.2) is 96.5 Å². The summed E-state index contributed by atoms with van der Waals surface area (Å²) in [6.45, 7) is 6.79. The van der Waals surface area contributed by atoms with Gasteiger partial charge in [0.05, 0.1) is 13.0 Å². The van der Waals surface area contributed by atoms with Crippen LogP contribution in [0.1, 0.15) is 5.56 Å². The second-order valence-electron chi connectivity index (χ2n) is 8.05. The van der Waals surface area contributed by atoms with Crippen molar-refractivity contribution < 1.29 is 14.3 Å². The number of amides is 1. The van der Waals surface area contributed by atoms with Crippen LogP contribution in [0.4, 0.5) is 16.0 Å². The molecule has 0 aliphatic carbocycles. The first-order valence-electron chi connectivity index (χ1n) is 10.9. The average Bonchev–Trinajstić information content (AvgIpc) is 2.82. The van der Waals surface area contributed by atoms with Gasteiger partial charge in [0.2, 0.25) is 5.91 Å². The number of piperazine rings is 2. The smallest absolute Gasteiger partial charge is 0.227 e. The highest BCUT2D eigenvalue weighted by Crippen LogP contribution is 2.21. The van der Waals surface area contributed by atoms with E-state index in [4.69, 9.17) is 16.7 Å². The van der Waals surface area contributed by atoms with E-state index in [-0.39, 0.29) is 29.5 Å². The summed E-state index contributed by atoms with van der Waals surface area (Å²) in [4.78, 5) is 20.9. The molecule has 1 N–H and O–H groups in total. The highest BCUT2D eigenvalue weighted by molar-refractivity contribution is 6.31. The summed E-state index contributed by atoms with van der Waals surface area (Å²) in [5.41, 5.74) is 0.250. The number of carbonyl (C=O) groups is 1. The topological polar surface area (TPSA) is 76.0 Å². The molecule has 0 saturated carbocycles. The van der Waals surface area contributed by atoms with Gasteiger partial charge >= 0.3 is 0 Å². The third-order valence-electron chi connectivity index (χ3n) is 6.09. The van der Waals surface area contributed by atoms with Crippen molar-refractivity contribution in [2.75, 3.05) is 75.3 Å². The molecule has 1 aromatic carbocycles. The molecule has 0 spiro atoms. The number of rotatable bonds is 6. The van der Waals surface area contributed by atoms with Gasteiger partial charge in [0, 0.05) is 69.5 Å². The minimum absolute atomic E-state index is 0.0361. The Morgan fingerprint density at radius 3 is 2.06 bits per heavy atom. The lowest BCUT2D eigenvalue weighted by Gasteiger charge is -2.36. The molecule has 172 valence electrons. The van der Waals surface area contributed by atoms with Crippen LogP contribution in [0, 0.1) is 5.82 Å². The molecule has 8 nitrogen and oxygen atoms in total. The van der Waals surface area contributed by atoms with E-state index in [0.29, 0.717) is 32.7 Å². The maximum Gasteiger partial charge on any atom is 0.227 e. The number of halogens is 2. The van der Waals surface area contributed by atoms with Crippen molar-refractivity contribution >= 4 is 29.1 Å². The van der Waals surface area contributed by atoms with E-state index in [1.807, 2.05) is 12.1 Å². The number of aliphatic hydroxyl groups excluding tert-OH is 1. The first-order valence-corrected chi connectivity index (χ1v) is 11.3. The van der Waals surface area contributed by atoms with E-state index in [0.717, 1.165) is 37.8 Å². The van der Waals surface area contributed by atoms with Crippen LogP contribution in [0.15, 0.2) is 30.3 Å². The number of nitrogens with zero attached hydrogens (tertiary/aromatic N) is 6. The molecule has 2 aromatic rings. The zero-order valence-corrected chi connectivity index (χ0v) is 18.7. The molecule has 2 aliphatic rings. The Bertz CT molecular complexity index is 895. The lowest BCUT2D eigenvalue weighted by atomic mass is 10.1. The summed E-state index contributed by atoms with van der Waals surface area (Å²) in [7, 11) is 0. The van der Waals surface area contributed by atoms with Gasteiger partial charge in [-0.15, -0.1) is 10.2 Å². The second kappa shape index (κ2) is 10.4. The van der Waals surface area contributed by atoms with Crippen molar-refractivity contribution in [3.8, 4) is 0 Å². The summed E-state index contributed by atoms with van der Waals surface area (Å²) in [5.74, 6) is 1.07. The molecule has 4 rings (SSSR count). The molecule has 0 unspecified atom stereocenters. The zero-order valence-electron chi connectivity index (χ0n) is 18.0. The monoisotopic (exact) mass is 462 g/mol. The zero-order chi connectivity index (χ0) is 22.5. The van der Waals surface area contributed by atoms with Crippen LogP contribution in [0.25, 0.3) is 0 Å². The van der Waals surface area contributed by atoms with E-state index in [2.05, 4.69) is 24.9 Å². The molecule has 10 heteroatoms. The fourth-order valence-electron chi connectivity index (χ4n) is 4.15. The first kappa shape index (κ1) is 22.7. The largest absolute Gasteiger partial charge is 0.395 e. The third kappa shape index (κ3) is 5.28. The van der Waals surface area contributed by atoms with Crippen LogP contribution < -0.4 is 9.80 Å². The predicted octanol–water partition coefficient (Wildman–Crippen LogP) is 1.27. The Kier molecular flexibility index (Phi) is 7.39. The molecule has 3 heterocycles. The van der Waals surface area contributed by atoms with Crippen molar-refractivity contribution in [3.05, 3.63) is 46.7 Å². The minimum Gasteiger partial charge on any atom is -0.395 e. The van der Waals surface area contributed by atoms with Crippen molar-refractivity contribution in [3.63, 3.8) is 0 Å². The Morgan fingerprint density at radius 2 is 1.53 bits per heavy atom. The molecule has 32 heavy (non-hydrogen) atoms. The van der Waals surface area contributed by atoms with Crippen LogP contribution >= 0.6 is 11.6 Å². The normalized spacial score (nSPS) is 17.7. The highest BCUT2D eigenvalue weighted by atomic mass is 35.5. The molecule has 2 aliphatic heterocycles. The van der Waals surface area contributed by atoms with E-state index in [1.54, 1.807) is 11.0 Å². The lowest BCUT2D eigenvalue weighted by Crippen LogP contribution is -2.49. The van der Waals surface area contributed by atoms with Gasteiger partial charge in [-0.05, 0) is 24.3 Å². The second-order valence-corrected chi connectivity index (χ2v) is 8.45. The fourth-order valence-corrected chi connectivity index (χ4v) is 4.38. The van der Waals surface area contributed by atoms with E-state index in [9.17, 15) is 9.18 Å². The summed E-state index contributed by atoms with van der Waals surface area (Å²) < 4.78 is 14.0. The number of hydrogen-bond acceptors (Lipinski definition) is 7. The highest BCUT2D eigenvalue weighted by Gasteiger charge is 2.24. The number of β-amino-alcohol motifs (C(OH)–C–C–N with tert-alkyl or cyclic N) is 1. The van der Waals surface area contributed by atoms with Gasteiger partial charge in [-0.2, -0.15) is 0 Å². The maximum absolute atomic E-state index is 14.0. The van der Waals surface area contributed by atoms with Crippen molar-refractivity contribution in [1.82, 2.24) is 20.0 Å². The summed E-state index contributed by atoms with van der Waals surface area (Å²) in [6, 6.07) is 8.42. The Balaban J connectivity index is 1.28. The third-order valence-corrected chi connectivity index (χ3v) is 6.45. The van der Waals surface area contributed by atoms with E-state index >= 15 is 0 Å². The average molecular weight is 463 g/mol. The van der Waals surface area contributed by atoms with Crippen molar-refractivity contribution in [2.45, 2.75) is 6.42 Å². The van der Waals surface area contributed by atoms with Crippen molar-refractivity contribution in [1.29, 1.82) is 0 Å². The van der Waals surface area contributed by atoms with Crippen LogP contribution in [0.3, 0.4) is 0 Å². The SMILES string of the molecule is O=C(Cc1c(F)cccc1Cl)N1CCN(c2ccc(N3CCN(CCO)CC3)nn2)CC1. The first-order chi connectivity index (χ1) is 15.5.